The van der Waals surface area contributed by atoms with Crippen molar-refractivity contribution in [2.45, 2.75) is 25.3 Å². The monoisotopic (exact) mass is 280 g/mol. The van der Waals surface area contributed by atoms with Crippen LogP contribution in [0, 0.1) is 0 Å². The lowest BCUT2D eigenvalue weighted by Crippen LogP contribution is -2.43. The molecule has 7 heteroatoms. The summed E-state index contributed by atoms with van der Waals surface area (Å²) in [5.74, 6) is 0.0769. The minimum atomic E-state index is -3.29. The minimum absolute atomic E-state index is 0.0769. The van der Waals surface area contributed by atoms with Crippen LogP contribution in [0.3, 0.4) is 0 Å². The van der Waals surface area contributed by atoms with E-state index in [1.807, 2.05) is 0 Å². The number of nitrogens with zero attached hydrogens (tertiary/aromatic N) is 1. The molecule has 1 aliphatic heterocycles. The molecule has 1 rings (SSSR count). The number of aliphatic hydroxyl groups is 1. The molecule has 1 saturated heterocycles. The second kappa shape index (κ2) is 8.06. The van der Waals surface area contributed by atoms with Gasteiger partial charge in [0.05, 0.1) is 12.4 Å². The van der Waals surface area contributed by atoms with Crippen molar-refractivity contribution in [1.29, 1.82) is 0 Å². The van der Waals surface area contributed by atoms with Gasteiger partial charge in [-0.15, -0.1) is 0 Å². The van der Waals surface area contributed by atoms with Gasteiger partial charge in [-0.25, -0.2) is 8.42 Å². The van der Waals surface area contributed by atoms with Gasteiger partial charge in [-0.1, -0.05) is 0 Å². The third-order valence-corrected chi connectivity index (χ3v) is 5.00. The van der Waals surface area contributed by atoms with Gasteiger partial charge in [0, 0.05) is 32.8 Å². The molecule has 6 nitrogen and oxygen atoms in total. The van der Waals surface area contributed by atoms with E-state index in [0.717, 1.165) is 19.4 Å². The molecule has 0 aliphatic carbocycles. The molecule has 108 valence electrons. The zero-order valence-electron chi connectivity index (χ0n) is 11.0. The largest absolute Gasteiger partial charge is 0.395 e. The number of hydrogen-bond acceptors (Lipinski definition) is 5. The maximum absolute atomic E-state index is 12.1. The highest BCUT2D eigenvalue weighted by Crippen LogP contribution is 2.11. The normalized spacial score (nSPS) is 20.7. The van der Waals surface area contributed by atoms with Crippen LogP contribution in [0.25, 0.3) is 0 Å². The molecule has 0 spiro atoms. The molecular weight excluding hydrogens is 256 g/mol. The molecule has 0 aromatic rings. The van der Waals surface area contributed by atoms with Gasteiger partial charge in [0.1, 0.15) is 0 Å². The van der Waals surface area contributed by atoms with Crippen LogP contribution in [0.2, 0.25) is 0 Å². The summed E-state index contributed by atoms with van der Waals surface area (Å²) in [6.07, 6.45) is 2.57. The van der Waals surface area contributed by atoms with Gasteiger partial charge in [-0.05, 0) is 25.8 Å². The molecular formula is C11H24N2O4S. The summed E-state index contributed by atoms with van der Waals surface area (Å²) in [6, 6.07) is 0.216. The Labute approximate surface area is 109 Å². The van der Waals surface area contributed by atoms with Crippen LogP contribution in [0.4, 0.5) is 0 Å². The van der Waals surface area contributed by atoms with Crippen molar-refractivity contribution in [3.63, 3.8) is 0 Å². The van der Waals surface area contributed by atoms with Crippen molar-refractivity contribution in [2.75, 3.05) is 45.7 Å². The third-order valence-electron chi connectivity index (χ3n) is 3.08. The minimum Gasteiger partial charge on any atom is -0.395 e. The van der Waals surface area contributed by atoms with Crippen LogP contribution in [0.5, 0.6) is 0 Å². The average Bonchev–Trinajstić information content (AvgIpc) is 2.81. The third kappa shape index (κ3) is 5.19. The van der Waals surface area contributed by atoms with Crippen molar-refractivity contribution in [2.24, 2.45) is 0 Å². The Morgan fingerprint density at radius 2 is 2.28 bits per heavy atom. The molecule has 18 heavy (non-hydrogen) atoms. The van der Waals surface area contributed by atoms with E-state index in [1.54, 1.807) is 7.11 Å². The first-order valence-electron chi connectivity index (χ1n) is 6.41. The Hall–Kier alpha value is -0.210. The smallest absolute Gasteiger partial charge is 0.214 e. The Bertz CT molecular complexity index is 315. The number of aliphatic hydroxyl groups excluding tert-OH is 1. The van der Waals surface area contributed by atoms with E-state index < -0.39 is 10.0 Å². The van der Waals surface area contributed by atoms with E-state index in [4.69, 9.17) is 9.84 Å². The van der Waals surface area contributed by atoms with Crippen molar-refractivity contribution in [1.82, 2.24) is 9.62 Å². The van der Waals surface area contributed by atoms with Crippen LogP contribution in [-0.2, 0) is 14.8 Å². The highest BCUT2D eigenvalue weighted by molar-refractivity contribution is 7.89. The van der Waals surface area contributed by atoms with Crippen LogP contribution in [0.1, 0.15) is 19.3 Å². The molecule has 0 amide bonds. The van der Waals surface area contributed by atoms with Crippen LogP contribution < -0.4 is 5.32 Å². The fourth-order valence-corrected chi connectivity index (χ4v) is 3.64. The fourth-order valence-electron chi connectivity index (χ4n) is 2.13. The molecule has 0 bridgehead atoms. The number of sulfonamides is 1. The zero-order valence-corrected chi connectivity index (χ0v) is 11.8. The van der Waals surface area contributed by atoms with E-state index >= 15 is 0 Å². The van der Waals surface area contributed by atoms with Crippen molar-refractivity contribution in [3.05, 3.63) is 0 Å². The first kappa shape index (κ1) is 15.8. The lowest BCUT2D eigenvalue weighted by atomic mass is 10.2. The second-order valence-corrected chi connectivity index (χ2v) is 6.63. The predicted molar refractivity (Wildman–Crippen MR) is 70.0 cm³/mol. The topological polar surface area (TPSA) is 78.9 Å². The summed E-state index contributed by atoms with van der Waals surface area (Å²) >= 11 is 0. The van der Waals surface area contributed by atoms with Crippen LogP contribution in [-0.4, -0.2) is 69.6 Å². The fraction of sp³-hybridized carbons (Fsp3) is 1.00. The standard InChI is InChI=1S/C11H24N2O4S/c1-17-8-3-9-18(15,16)13(6-7-14)10-11-4-2-5-12-11/h11-12,14H,2-10H2,1H3. The summed E-state index contributed by atoms with van der Waals surface area (Å²) in [6.45, 7) is 1.87. The highest BCUT2D eigenvalue weighted by atomic mass is 32.2. The number of nitrogens with one attached hydrogen (secondary N) is 1. The molecule has 2 N–H and O–H groups in total. The van der Waals surface area contributed by atoms with Gasteiger partial charge in [0.25, 0.3) is 0 Å². The van der Waals surface area contributed by atoms with Crippen LogP contribution in [0.15, 0.2) is 0 Å². The van der Waals surface area contributed by atoms with Crippen LogP contribution >= 0.6 is 0 Å². The summed E-state index contributed by atoms with van der Waals surface area (Å²) in [7, 11) is -1.73. The SMILES string of the molecule is COCCCS(=O)(=O)N(CCO)CC1CCCN1. The molecule has 1 fully saturated rings. The average molecular weight is 280 g/mol. The Kier molecular flexibility index (Phi) is 7.10. The van der Waals surface area contributed by atoms with E-state index in [9.17, 15) is 8.42 Å². The second-order valence-electron chi connectivity index (χ2n) is 4.54. The summed E-state index contributed by atoms with van der Waals surface area (Å²) < 4.78 is 30.5. The molecule has 1 atom stereocenters. The molecule has 1 heterocycles. The van der Waals surface area contributed by atoms with E-state index in [1.165, 1.54) is 4.31 Å². The number of rotatable bonds is 9. The highest BCUT2D eigenvalue weighted by Gasteiger charge is 2.25. The van der Waals surface area contributed by atoms with E-state index in [0.29, 0.717) is 19.6 Å². The lowest BCUT2D eigenvalue weighted by Gasteiger charge is -2.24. The first-order valence-corrected chi connectivity index (χ1v) is 8.02. The molecule has 0 aromatic carbocycles. The molecule has 0 saturated carbocycles. The lowest BCUT2D eigenvalue weighted by molar-refractivity contribution is 0.198. The van der Waals surface area contributed by atoms with Crippen molar-refractivity contribution in [3.8, 4) is 0 Å². The number of methoxy groups -OCH3 is 1. The van der Waals surface area contributed by atoms with Gasteiger partial charge in [-0.3, -0.25) is 0 Å². The number of ether oxygens (including phenoxy) is 1. The van der Waals surface area contributed by atoms with Crippen molar-refractivity contribution >= 4 is 10.0 Å². The quantitative estimate of drug-likeness (QED) is 0.551. The van der Waals surface area contributed by atoms with E-state index in [-0.39, 0.29) is 24.9 Å². The first-order chi connectivity index (χ1) is 8.60. The molecule has 1 unspecified atom stereocenters. The molecule has 0 radical (unpaired) electrons. The van der Waals surface area contributed by atoms with Gasteiger partial charge in [0.15, 0.2) is 0 Å². The maximum atomic E-state index is 12.1. The van der Waals surface area contributed by atoms with Gasteiger partial charge < -0.3 is 15.2 Å². The molecule has 1 aliphatic rings. The summed E-state index contributed by atoms with van der Waals surface area (Å²) in [4.78, 5) is 0. The van der Waals surface area contributed by atoms with Gasteiger partial charge >= 0.3 is 0 Å². The Morgan fingerprint density at radius 3 is 2.83 bits per heavy atom. The Morgan fingerprint density at radius 1 is 1.50 bits per heavy atom. The van der Waals surface area contributed by atoms with E-state index in [2.05, 4.69) is 5.32 Å². The zero-order chi connectivity index (χ0) is 13.4. The summed E-state index contributed by atoms with van der Waals surface area (Å²) in [5.41, 5.74) is 0. The Balaban J connectivity index is 2.52. The predicted octanol–water partition coefficient (Wildman–Crippen LogP) is -0.601. The number of hydrogen-bond donors (Lipinski definition) is 2. The maximum Gasteiger partial charge on any atom is 0.214 e. The van der Waals surface area contributed by atoms with Gasteiger partial charge in [-0.2, -0.15) is 4.31 Å². The molecule has 0 aromatic heterocycles. The van der Waals surface area contributed by atoms with Crippen molar-refractivity contribution < 1.29 is 18.3 Å². The summed E-state index contributed by atoms with van der Waals surface area (Å²) in [5, 5.41) is 12.3. The van der Waals surface area contributed by atoms with Gasteiger partial charge in [0.2, 0.25) is 10.0 Å².